The summed E-state index contributed by atoms with van der Waals surface area (Å²) in [5, 5.41) is 0. The van der Waals surface area contributed by atoms with E-state index in [1.54, 1.807) is 6.20 Å². The van der Waals surface area contributed by atoms with Crippen LogP contribution >= 0.6 is 0 Å². The van der Waals surface area contributed by atoms with Gasteiger partial charge in [-0.2, -0.15) is 0 Å². The number of hydrogen-bond donors (Lipinski definition) is 2. The zero-order valence-corrected chi connectivity index (χ0v) is 10.7. The molecular formula is C13H20N4O. The number of carbonyl (C=O) groups excluding carboxylic acids is 1. The van der Waals surface area contributed by atoms with Gasteiger partial charge in [0.05, 0.1) is 11.9 Å². The normalized spacial score (nSPS) is 16.8. The fourth-order valence-corrected chi connectivity index (χ4v) is 2.55. The molecule has 98 valence electrons. The average Bonchev–Trinajstić information content (AvgIpc) is 2.30. The van der Waals surface area contributed by atoms with Gasteiger partial charge >= 0.3 is 0 Å². The third kappa shape index (κ3) is 2.91. The SMILES string of the molecule is Cc1cc(N)cnc1N1CCC(CC(N)=O)CC1. The molecule has 1 fully saturated rings. The Morgan fingerprint density at radius 2 is 2.17 bits per heavy atom. The first-order valence-corrected chi connectivity index (χ1v) is 6.31. The molecule has 18 heavy (non-hydrogen) atoms. The maximum atomic E-state index is 10.9. The molecule has 2 rings (SSSR count). The van der Waals surface area contributed by atoms with Crippen molar-refractivity contribution < 1.29 is 4.79 Å². The highest BCUT2D eigenvalue weighted by molar-refractivity contribution is 5.74. The van der Waals surface area contributed by atoms with Gasteiger partial charge in [-0.1, -0.05) is 0 Å². The van der Waals surface area contributed by atoms with Crippen LogP contribution in [0.5, 0.6) is 0 Å². The fourth-order valence-electron chi connectivity index (χ4n) is 2.55. The summed E-state index contributed by atoms with van der Waals surface area (Å²) < 4.78 is 0. The maximum absolute atomic E-state index is 10.9. The van der Waals surface area contributed by atoms with Crippen molar-refractivity contribution in [1.82, 2.24) is 4.98 Å². The molecule has 2 heterocycles. The molecule has 4 N–H and O–H groups in total. The minimum Gasteiger partial charge on any atom is -0.397 e. The van der Waals surface area contributed by atoms with Crippen LogP contribution in [0.15, 0.2) is 12.3 Å². The third-order valence-electron chi connectivity index (χ3n) is 3.48. The number of carbonyl (C=O) groups is 1. The number of pyridine rings is 1. The molecule has 0 atom stereocenters. The summed E-state index contributed by atoms with van der Waals surface area (Å²) in [7, 11) is 0. The Kier molecular flexibility index (Phi) is 3.69. The molecule has 0 radical (unpaired) electrons. The van der Waals surface area contributed by atoms with E-state index in [0.717, 1.165) is 37.3 Å². The van der Waals surface area contributed by atoms with Gasteiger partial charge in [-0.25, -0.2) is 4.98 Å². The maximum Gasteiger partial charge on any atom is 0.217 e. The second kappa shape index (κ2) is 5.25. The predicted octanol–water partition coefficient (Wildman–Crippen LogP) is 1.06. The zero-order valence-electron chi connectivity index (χ0n) is 10.7. The van der Waals surface area contributed by atoms with Crippen LogP contribution < -0.4 is 16.4 Å². The summed E-state index contributed by atoms with van der Waals surface area (Å²) in [6.07, 6.45) is 4.18. The first-order chi connectivity index (χ1) is 8.56. The van der Waals surface area contributed by atoms with E-state index in [-0.39, 0.29) is 5.91 Å². The van der Waals surface area contributed by atoms with E-state index in [1.165, 1.54) is 0 Å². The number of rotatable bonds is 3. The minimum atomic E-state index is -0.199. The number of nitrogens with two attached hydrogens (primary N) is 2. The quantitative estimate of drug-likeness (QED) is 0.837. The fraction of sp³-hybridized carbons (Fsp3) is 0.538. The summed E-state index contributed by atoms with van der Waals surface area (Å²) >= 11 is 0. The van der Waals surface area contributed by atoms with Crippen molar-refractivity contribution in [3.05, 3.63) is 17.8 Å². The molecule has 1 saturated heterocycles. The zero-order chi connectivity index (χ0) is 13.1. The lowest BCUT2D eigenvalue weighted by Gasteiger charge is -2.33. The van der Waals surface area contributed by atoms with E-state index in [9.17, 15) is 4.79 Å². The van der Waals surface area contributed by atoms with Crippen LogP contribution in [0.3, 0.4) is 0 Å². The van der Waals surface area contributed by atoms with Crippen molar-refractivity contribution in [3.8, 4) is 0 Å². The molecule has 0 aromatic carbocycles. The number of nitrogens with zero attached hydrogens (tertiary/aromatic N) is 2. The van der Waals surface area contributed by atoms with Crippen LogP contribution in [0.4, 0.5) is 11.5 Å². The predicted molar refractivity (Wildman–Crippen MR) is 72.1 cm³/mol. The molecule has 5 heteroatoms. The van der Waals surface area contributed by atoms with Gasteiger partial charge in [0.1, 0.15) is 5.82 Å². The van der Waals surface area contributed by atoms with Gasteiger partial charge in [0.25, 0.3) is 0 Å². The monoisotopic (exact) mass is 248 g/mol. The van der Waals surface area contributed by atoms with Crippen molar-refractivity contribution in [1.29, 1.82) is 0 Å². The highest BCUT2D eigenvalue weighted by Gasteiger charge is 2.22. The highest BCUT2D eigenvalue weighted by atomic mass is 16.1. The van der Waals surface area contributed by atoms with Crippen LogP contribution in [-0.4, -0.2) is 24.0 Å². The van der Waals surface area contributed by atoms with Crippen molar-refractivity contribution in [2.45, 2.75) is 26.2 Å². The highest BCUT2D eigenvalue weighted by Crippen LogP contribution is 2.26. The number of piperidine rings is 1. The van der Waals surface area contributed by atoms with E-state index < -0.39 is 0 Å². The molecule has 1 aliphatic heterocycles. The lowest BCUT2D eigenvalue weighted by Crippen LogP contribution is -2.36. The Labute approximate surface area is 107 Å². The summed E-state index contributed by atoms with van der Waals surface area (Å²) in [6.45, 7) is 3.87. The Balaban J connectivity index is 1.99. The summed E-state index contributed by atoms with van der Waals surface area (Å²) in [5.74, 6) is 1.23. The van der Waals surface area contributed by atoms with E-state index in [0.29, 0.717) is 18.0 Å². The Bertz CT molecular complexity index is 439. The molecule has 1 aromatic heterocycles. The van der Waals surface area contributed by atoms with E-state index in [2.05, 4.69) is 9.88 Å². The molecule has 0 saturated carbocycles. The standard InChI is InChI=1S/C13H20N4O/c1-9-6-11(14)8-16-13(9)17-4-2-10(3-5-17)7-12(15)18/h6,8,10H,2-5,7,14H2,1H3,(H2,15,18). The van der Waals surface area contributed by atoms with Crippen molar-refractivity contribution in [2.24, 2.45) is 11.7 Å². The van der Waals surface area contributed by atoms with Gasteiger partial charge in [0, 0.05) is 19.5 Å². The molecule has 1 aliphatic rings. The number of nitrogen functional groups attached to an aromatic ring is 1. The van der Waals surface area contributed by atoms with Crippen molar-refractivity contribution in [3.63, 3.8) is 0 Å². The topological polar surface area (TPSA) is 85.2 Å². The van der Waals surface area contributed by atoms with E-state index in [1.807, 2.05) is 13.0 Å². The molecule has 0 unspecified atom stereocenters. The second-order valence-corrected chi connectivity index (χ2v) is 5.01. The van der Waals surface area contributed by atoms with Gasteiger partial charge in [-0.15, -0.1) is 0 Å². The van der Waals surface area contributed by atoms with E-state index in [4.69, 9.17) is 11.5 Å². The molecule has 1 amide bonds. The smallest absolute Gasteiger partial charge is 0.217 e. The first-order valence-electron chi connectivity index (χ1n) is 6.31. The van der Waals surface area contributed by atoms with Crippen molar-refractivity contribution >= 4 is 17.4 Å². The molecule has 5 nitrogen and oxygen atoms in total. The number of hydrogen-bond acceptors (Lipinski definition) is 4. The lowest BCUT2D eigenvalue weighted by atomic mass is 9.93. The number of anilines is 2. The Morgan fingerprint density at radius 1 is 1.50 bits per heavy atom. The Morgan fingerprint density at radius 3 is 2.72 bits per heavy atom. The van der Waals surface area contributed by atoms with Crippen LogP contribution in [0.25, 0.3) is 0 Å². The molecule has 0 bridgehead atoms. The van der Waals surface area contributed by atoms with Gasteiger partial charge in [0.2, 0.25) is 5.91 Å². The second-order valence-electron chi connectivity index (χ2n) is 5.01. The van der Waals surface area contributed by atoms with E-state index >= 15 is 0 Å². The van der Waals surface area contributed by atoms with Crippen molar-refractivity contribution in [2.75, 3.05) is 23.7 Å². The van der Waals surface area contributed by atoms with Crippen LogP contribution in [0.2, 0.25) is 0 Å². The minimum absolute atomic E-state index is 0.199. The van der Waals surface area contributed by atoms with Gasteiger partial charge in [-0.3, -0.25) is 4.79 Å². The lowest BCUT2D eigenvalue weighted by molar-refractivity contribution is -0.119. The Hall–Kier alpha value is -1.78. The first kappa shape index (κ1) is 12.7. The molecule has 0 spiro atoms. The average molecular weight is 248 g/mol. The molecular weight excluding hydrogens is 228 g/mol. The number of amides is 1. The van der Waals surface area contributed by atoms with Gasteiger partial charge < -0.3 is 16.4 Å². The largest absolute Gasteiger partial charge is 0.397 e. The summed E-state index contributed by atoms with van der Waals surface area (Å²) in [4.78, 5) is 17.5. The summed E-state index contributed by atoms with van der Waals surface area (Å²) in [5.41, 5.74) is 12.7. The molecule has 1 aromatic rings. The summed E-state index contributed by atoms with van der Waals surface area (Å²) in [6, 6.07) is 1.94. The number of aryl methyl sites for hydroxylation is 1. The number of primary amides is 1. The van der Waals surface area contributed by atoms with Crippen LogP contribution in [0, 0.1) is 12.8 Å². The van der Waals surface area contributed by atoms with Gasteiger partial charge in [-0.05, 0) is 37.3 Å². The van der Waals surface area contributed by atoms with Crippen LogP contribution in [-0.2, 0) is 4.79 Å². The van der Waals surface area contributed by atoms with Gasteiger partial charge in [0.15, 0.2) is 0 Å². The third-order valence-corrected chi connectivity index (χ3v) is 3.48. The van der Waals surface area contributed by atoms with Crippen LogP contribution in [0.1, 0.15) is 24.8 Å². The molecule has 0 aliphatic carbocycles. The number of aromatic nitrogens is 1.